The van der Waals surface area contributed by atoms with E-state index in [2.05, 4.69) is 50.7 Å². The van der Waals surface area contributed by atoms with E-state index in [1.165, 1.54) is 11.1 Å². The van der Waals surface area contributed by atoms with Crippen LogP contribution in [-0.2, 0) is 25.7 Å². The van der Waals surface area contributed by atoms with Gasteiger partial charge in [0.25, 0.3) is 0 Å². The lowest BCUT2D eigenvalue weighted by Crippen LogP contribution is -2.49. The molecule has 2 fully saturated rings. The van der Waals surface area contributed by atoms with Crippen LogP contribution in [0.4, 0.5) is 9.59 Å². The predicted octanol–water partition coefficient (Wildman–Crippen LogP) is 5.33. The molecule has 2 aliphatic carbocycles. The summed E-state index contributed by atoms with van der Waals surface area (Å²) in [6, 6.07) is 24.4. The van der Waals surface area contributed by atoms with Crippen molar-refractivity contribution in [2.75, 3.05) is 26.7 Å². The van der Waals surface area contributed by atoms with Crippen molar-refractivity contribution in [3.63, 3.8) is 0 Å². The van der Waals surface area contributed by atoms with E-state index >= 15 is 0 Å². The first-order valence-electron chi connectivity index (χ1n) is 18.7. The summed E-state index contributed by atoms with van der Waals surface area (Å²) in [5, 5.41) is 12.6. The van der Waals surface area contributed by atoms with E-state index in [0.29, 0.717) is 31.9 Å². The molecule has 1 aliphatic heterocycles. The van der Waals surface area contributed by atoms with Gasteiger partial charge in [-0.2, -0.15) is 5.10 Å². The molecule has 0 bridgehead atoms. The zero-order chi connectivity index (χ0) is 37.2. The summed E-state index contributed by atoms with van der Waals surface area (Å²) >= 11 is 0. The number of amides is 5. The largest absolute Gasteiger partial charge is 0.448 e. The summed E-state index contributed by atoms with van der Waals surface area (Å²) in [5.41, 5.74) is 7.98. The van der Waals surface area contributed by atoms with E-state index in [9.17, 15) is 19.2 Å². The molecule has 1 saturated carbocycles. The van der Waals surface area contributed by atoms with Crippen molar-refractivity contribution in [1.82, 2.24) is 26.3 Å². The van der Waals surface area contributed by atoms with Gasteiger partial charge in [0, 0.05) is 38.1 Å². The fourth-order valence-electron chi connectivity index (χ4n) is 7.65. The molecule has 0 unspecified atom stereocenters. The van der Waals surface area contributed by atoms with Gasteiger partial charge in [0.2, 0.25) is 11.8 Å². The molecule has 3 atom stereocenters. The summed E-state index contributed by atoms with van der Waals surface area (Å²) in [6.45, 7) is 3.10. The highest BCUT2D eigenvalue weighted by atomic mass is 16.6. The maximum absolute atomic E-state index is 13.8. The molecule has 3 aromatic carbocycles. The van der Waals surface area contributed by atoms with Crippen molar-refractivity contribution in [3.8, 4) is 11.1 Å². The van der Waals surface area contributed by atoms with Gasteiger partial charge < -0.3 is 25.4 Å². The average molecular weight is 723 g/mol. The molecule has 3 aliphatic rings. The molecule has 0 radical (unpaired) electrons. The van der Waals surface area contributed by atoms with Crippen molar-refractivity contribution < 1.29 is 28.7 Å². The number of urea groups is 1. The van der Waals surface area contributed by atoms with Gasteiger partial charge in [0.05, 0.1) is 25.3 Å². The summed E-state index contributed by atoms with van der Waals surface area (Å²) in [6.07, 6.45) is 4.73. The van der Waals surface area contributed by atoms with Crippen LogP contribution in [0, 0.1) is 11.8 Å². The Hall–Kier alpha value is -5.23. The van der Waals surface area contributed by atoms with E-state index in [-0.39, 0.29) is 42.9 Å². The highest BCUT2D eigenvalue weighted by molar-refractivity contribution is 5.89. The Labute approximate surface area is 311 Å². The summed E-state index contributed by atoms with van der Waals surface area (Å²) in [4.78, 5) is 53.4. The van der Waals surface area contributed by atoms with Crippen LogP contribution in [0.3, 0.4) is 0 Å². The number of benzene rings is 3. The number of nitrogens with one attached hydrogen (secondary N) is 4. The van der Waals surface area contributed by atoms with Crippen molar-refractivity contribution in [3.05, 3.63) is 95.6 Å². The fraction of sp³-hybridized carbons (Fsp3) is 0.439. The summed E-state index contributed by atoms with van der Waals surface area (Å²) in [7, 11) is 1.66. The SMILES string of the molecule is CC[C@@H](/C=N/NC(=O)NCC1CCC(C(=O)NC)CC1)NC(=O)[C@@H]1C[C@@H](OCc2ccccc2)CN1C(=O)OCC1c2ccccc2-c2ccccc21. The van der Waals surface area contributed by atoms with Crippen molar-refractivity contribution >= 4 is 30.2 Å². The number of ether oxygens (including phenoxy) is 2. The molecular weight excluding hydrogens is 672 g/mol. The molecule has 0 aromatic heterocycles. The third-order valence-corrected chi connectivity index (χ3v) is 10.7. The van der Waals surface area contributed by atoms with E-state index in [1.54, 1.807) is 7.05 Å². The third kappa shape index (κ3) is 9.42. The van der Waals surface area contributed by atoms with Gasteiger partial charge in [-0.15, -0.1) is 0 Å². The molecule has 1 saturated heterocycles. The first kappa shape index (κ1) is 37.5. The monoisotopic (exact) mass is 722 g/mol. The van der Waals surface area contributed by atoms with Gasteiger partial charge in [-0.1, -0.05) is 85.8 Å². The quantitative estimate of drug-likeness (QED) is 0.139. The molecule has 53 heavy (non-hydrogen) atoms. The first-order chi connectivity index (χ1) is 25.8. The minimum absolute atomic E-state index is 0.0405. The van der Waals surface area contributed by atoms with Gasteiger partial charge in [-0.05, 0) is 65.8 Å². The van der Waals surface area contributed by atoms with Crippen LogP contribution in [0.15, 0.2) is 84.0 Å². The molecule has 280 valence electrons. The lowest BCUT2D eigenvalue weighted by Gasteiger charge is -2.27. The molecule has 12 nitrogen and oxygen atoms in total. The number of hydrazone groups is 1. The summed E-state index contributed by atoms with van der Waals surface area (Å²) in [5.74, 6) is -0.0335. The van der Waals surface area contributed by atoms with Crippen LogP contribution in [-0.4, -0.2) is 80.0 Å². The molecule has 5 amide bonds. The standard InChI is InChI=1S/C41H50N6O6/c1-3-30(23-44-46-40(50)43-22-27-17-19-29(20-18-27)38(48)42-2)45-39(49)37-21-31(52-25-28-11-5-4-6-12-28)24-47(37)41(51)53-26-36-34-15-9-7-13-32(34)33-14-8-10-16-35(33)36/h4-16,23,27,29-31,36-37H,3,17-22,24-26H2,1-2H3,(H,42,48)(H,45,49)(H2,43,46,50)/b44-23+/t27?,29?,30-,31+,37-/m0/s1. The molecular formula is C41H50N6O6. The molecule has 1 heterocycles. The Bertz CT molecular complexity index is 1710. The second-order valence-corrected chi connectivity index (χ2v) is 14.1. The Morgan fingerprint density at radius 3 is 2.21 bits per heavy atom. The van der Waals surface area contributed by atoms with E-state index in [4.69, 9.17) is 9.47 Å². The third-order valence-electron chi connectivity index (χ3n) is 10.7. The van der Waals surface area contributed by atoms with Crippen molar-refractivity contribution in [2.24, 2.45) is 16.9 Å². The molecule has 6 rings (SSSR count). The van der Waals surface area contributed by atoms with Gasteiger partial charge in [0.15, 0.2) is 0 Å². The van der Waals surface area contributed by atoms with Crippen LogP contribution in [0.5, 0.6) is 0 Å². The van der Waals surface area contributed by atoms with Crippen LogP contribution >= 0.6 is 0 Å². The minimum atomic E-state index is -0.816. The van der Waals surface area contributed by atoms with Gasteiger partial charge >= 0.3 is 12.1 Å². The maximum atomic E-state index is 13.8. The zero-order valence-electron chi connectivity index (χ0n) is 30.5. The number of carbonyl (C=O) groups excluding carboxylic acids is 4. The second kappa shape index (κ2) is 18.0. The number of fused-ring (bicyclic) bond motifs is 3. The van der Waals surface area contributed by atoms with Crippen molar-refractivity contribution in [1.29, 1.82) is 0 Å². The zero-order valence-corrected chi connectivity index (χ0v) is 30.5. The molecule has 3 aromatic rings. The van der Waals surface area contributed by atoms with Crippen molar-refractivity contribution in [2.45, 2.75) is 76.2 Å². The smallest absolute Gasteiger partial charge is 0.410 e. The van der Waals surface area contributed by atoms with Crippen LogP contribution < -0.4 is 21.4 Å². The number of rotatable bonds is 13. The van der Waals surface area contributed by atoms with Crippen LogP contribution in [0.1, 0.15) is 68.1 Å². The van der Waals surface area contributed by atoms with E-state index in [0.717, 1.165) is 53.5 Å². The lowest BCUT2D eigenvalue weighted by molar-refractivity contribution is -0.126. The number of hydrogen-bond donors (Lipinski definition) is 4. The van der Waals surface area contributed by atoms with Crippen LogP contribution in [0.25, 0.3) is 11.1 Å². The predicted molar refractivity (Wildman–Crippen MR) is 202 cm³/mol. The van der Waals surface area contributed by atoms with Gasteiger partial charge in [-0.3, -0.25) is 14.5 Å². The normalized spacial score (nSPS) is 21.4. The number of carbonyl (C=O) groups is 4. The first-order valence-corrected chi connectivity index (χ1v) is 18.7. The Morgan fingerprint density at radius 2 is 1.55 bits per heavy atom. The fourth-order valence-corrected chi connectivity index (χ4v) is 7.65. The molecule has 0 spiro atoms. The Morgan fingerprint density at radius 1 is 0.887 bits per heavy atom. The highest BCUT2D eigenvalue weighted by Gasteiger charge is 2.42. The van der Waals surface area contributed by atoms with E-state index < -0.39 is 24.2 Å². The topological polar surface area (TPSA) is 150 Å². The van der Waals surface area contributed by atoms with Gasteiger partial charge in [-0.25, -0.2) is 15.0 Å². The highest BCUT2D eigenvalue weighted by Crippen LogP contribution is 2.44. The molecule has 12 heteroatoms. The van der Waals surface area contributed by atoms with Crippen LogP contribution in [0.2, 0.25) is 0 Å². The number of likely N-dealkylation sites (tertiary alicyclic amines) is 1. The Kier molecular flexibility index (Phi) is 12.7. The van der Waals surface area contributed by atoms with Gasteiger partial charge in [0.1, 0.15) is 12.6 Å². The van der Waals surface area contributed by atoms with E-state index in [1.807, 2.05) is 61.5 Å². The Balaban J connectivity index is 1.04. The number of hydrogen-bond acceptors (Lipinski definition) is 7. The second-order valence-electron chi connectivity index (χ2n) is 14.1. The maximum Gasteiger partial charge on any atom is 0.410 e. The molecule has 4 N–H and O–H groups in total. The lowest BCUT2D eigenvalue weighted by atomic mass is 9.81. The summed E-state index contributed by atoms with van der Waals surface area (Å²) < 4.78 is 12.2. The minimum Gasteiger partial charge on any atom is -0.448 e. The number of nitrogens with zero attached hydrogens (tertiary/aromatic N) is 2. The average Bonchev–Trinajstić information content (AvgIpc) is 3.78.